The fourth-order valence-electron chi connectivity index (χ4n) is 1.90. The molecule has 0 aromatic heterocycles. The molecule has 0 fully saturated rings. The van der Waals surface area contributed by atoms with Gasteiger partial charge in [-0.05, 0) is 67.9 Å². The van der Waals surface area contributed by atoms with Gasteiger partial charge in [0.1, 0.15) is 17.2 Å². The first-order valence-electron chi connectivity index (χ1n) is 6.62. The van der Waals surface area contributed by atoms with Gasteiger partial charge in [-0.1, -0.05) is 15.9 Å². The van der Waals surface area contributed by atoms with Crippen molar-refractivity contribution in [3.05, 3.63) is 52.5 Å². The normalized spacial score (nSPS) is 10.3. The molecule has 0 aliphatic heterocycles. The minimum absolute atomic E-state index is 0.593. The minimum atomic E-state index is 0.593. The maximum atomic E-state index is 5.92. The van der Waals surface area contributed by atoms with Crippen LogP contribution in [-0.2, 0) is 6.42 Å². The third kappa shape index (κ3) is 3.99. The maximum Gasteiger partial charge on any atom is 0.130 e. The summed E-state index contributed by atoms with van der Waals surface area (Å²) >= 11 is 3.47. The van der Waals surface area contributed by atoms with E-state index in [-0.39, 0.29) is 0 Å². The van der Waals surface area contributed by atoms with Gasteiger partial charge in [0.05, 0.1) is 6.61 Å². The molecule has 0 saturated carbocycles. The molecule has 0 spiro atoms. The highest BCUT2D eigenvalue weighted by Crippen LogP contribution is 2.29. The van der Waals surface area contributed by atoms with Crippen molar-refractivity contribution in [3.8, 4) is 17.2 Å². The molecule has 0 aliphatic rings. The largest absolute Gasteiger partial charge is 0.494 e. The van der Waals surface area contributed by atoms with E-state index in [4.69, 9.17) is 15.2 Å². The molecule has 0 amide bonds. The van der Waals surface area contributed by atoms with Crippen molar-refractivity contribution in [1.82, 2.24) is 0 Å². The molecule has 106 valence electrons. The van der Waals surface area contributed by atoms with E-state index >= 15 is 0 Å². The lowest BCUT2D eigenvalue weighted by molar-refractivity contribution is 0.339. The van der Waals surface area contributed by atoms with Crippen molar-refractivity contribution >= 4 is 15.9 Å². The zero-order valence-electron chi connectivity index (χ0n) is 11.4. The van der Waals surface area contributed by atoms with Crippen LogP contribution in [0, 0.1) is 0 Å². The molecular formula is C16H18BrNO2. The van der Waals surface area contributed by atoms with Crippen LogP contribution in [0.5, 0.6) is 17.2 Å². The molecule has 0 radical (unpaired) electrons. The Labute approximate surface area is 127 Å². The van der Waals surface area contributed by atoms with Gasteiger partial charge < -0.3 is 15.2 Å². The Kier molecular flexibility index (Phi) is 5.44. The van der Waals surface area contributed by atoms with Gasteiger partial charge in [0.15, 0.2) is 0 Å². The van der Waals surface area contributed by atoms with Crippen LogP contribution < -0.4 is 15.2 Å². The summed E-state index contributed by atoms with van der Waals surface area (Å²) in [6.07, 6.45) is 0.784. The first-order valence-corrected chi connectivity index (χ1v) is 7.41. The number of halogens is 1. The van der Waals surface area contributed by atoms with Gasteiger partial charge in [0, 0.05) is 4.47 Å². The third-order valence-electron chi connectivity index (χ3n) is 2.80. The van der Waals surface area contributed by atoms with Crippen LogP contribution in [0.1, 0.15) is 12.5 Å². The van der Waals surface area contributed by atoms with E-state index in [9.17, 15) is 0 Å². The zero-order valence-corrected chi connectivity index (χ0v) is 13.0. The summed E-state index contributed by atoms with van der Waals surface area (Å²) in [5.41, 5.74) is 6.73. The fraction of sp³-hybridized carbons (Fsp3) is 0.250. The van der Waals surface area contributed by atoms with Gasteiger partial charge in [-0.25, -0.2) is 0 Å². The van der Waals surface area contributed by atoms with E-state index in [1.165, 1.54) is 0 Å². The van der Waals surface area contributed by atoms with E-state index < -0.39 is 0 Å². The Morgan fingerprint density at radius 1 is 1.05 bits per heavy atom. The maximum absolute atomic E-state index is 5.92. The summed E-state index contributed by atoms with van der Waals surface area (Å²) in [5.74, 6) is 2.47. The van der Waals surface area contributed by atoms with Crippen LogP contribution in [0.2, 0.25) is 0 Å². The summed E-state index contributed by atoms with van der Waals surface area (Å²) in [5, 5.41) is 0. The highest BCUT2D eigenvalue weighted by Gasteiger charge is 2.06. The second-order valence-electron chi connectivity index (χ2n) is 4.30. The van der Waals surface area contributed by atoms with Crippen LogP contribution in [0.3, 0.4) is 0 Å². The van der Waals surface area contributed by atoms with E-state index in [1.54, 1.807) is 0 Å². The van der Waals surface area contributed by atoms with Gasteiger partial charge in [-0.3, -0.25) is 0 Å². The fourth-order valence-corrected chi connectivity index (χ4v) is 2.30. The van der Waals surface area contributed by atoms with E-state index in [1.807, 2.05) is 49.4 Å². The lowest BCUT2D eigenvalue weighted by atomic mass is 10.1. The van der Waals surface area contributed by atoms with E-state index in [0.717, 1.165) is 33.7 Å². The van der Waals surface area contributed by atoms with Gasteiger partial charge >= 0.3 is 0 Å². The molecule has 0 heterocycles. The highest BCUT2D eigenvalue weighted by molar-refractivity contribution is 9.10. The topological polar surface area (TPSA) is 44.5 Å². The molecule has 2 N–H and O–H groups in total. The van der Waals surface area contributed by atoms with Gasteiger partial charge in [-0.2, -0.15) is 0 Å². The van der Waals surface area contributed by atoms with Crippen molar-refractivity contribution in [2.45, 2.75) is 13.3 Å². The average Bonchev–Trinajstić information content (AvgIpc) is 2.44. The molecule has 0 saturated heterocycles. The van der Waals surface area contributed by atoms with Crippen LogP contribution >= 0.6 is 15.9 Å². The number of nitrogens with two attached hydrogens (primary N) is 1. The number of benzene rings is 2. The molecule has 2 rings (SSSR count). The Morgan fingerprint density at radius 3 is 2.40 bits per heavy atom. The Bertz CT molecular complexity index is 555. The summed E-state index contributed by atoms with van der Waals surface area (Å²) in [4.78, 5) is 0. The predicted molar refractivity (Wildman–Crippen MR) is 84.6 cm³/mol. The highest BCUT2D eigenvalue weighted by atomic mass is 79.9. The second-order valence-corrected chi connectivity index (χ2v) is 5.21. The molecule has 2 aromatic rings. The molecule has 0 aliphatic carbocycles. The van der Waals surface area contributed by atoms with Crippen LogP contribution in [0.4, 0.5) is 0 Å². The number of hydrogen-bond donors (Lipinski definition) is 1. The van der Waals surface area contributed by atoms with Crippen LogP contribution in [0.25, 0.3) is 0 Å². The third-order valence-corrected chi connectivity index (χ3v) is 3.29. The monoisotopic (exact) mass is 335 g/mol. The summed E-state index contributed by atoms with van der Waals surface area (Å²) < 4.78 is 12.4. The quantitative estimate of drug-likeness (QED) is 0.862. The van der Waals surface area contributed by atoms with Crippen LogP contribution in [0.15, 0.2) is 46.9 Å². The molecule has 0 atom stereocenters. The van der Waals surface area contributed by atoms with Gasteiger partial charge in [0.2, 0.25) is 0 Å². The van der Waals surface area contributed by atoms with Crippen LogP contribution in [-0.4, -0.2) is 13.2 Å². The summed E-state index contributed by atoms with van der Waals surface area (Å²) in [6, 6.07) is 13.6. The van der Waals surface area contributed by atoms with Crippen molar-refractivity contribution in [2.24, 2.45) is 5.73 Å². The molecule has 3 nitrogen and oxygen atoms in total. The first-order chi connectivity index (χ1) is 9.72. The van der Waals surface area contributed by atoms with Gasteiger partial charge in [0.25, 0.3) is 0 Å². The Morgan fingerprint density at radius 2 is 1.75 bits per heavy atom. The minimum Gasteiger partial charge on any atom is -0.494 e. The number of ether oxygens (including phenoxy) is 2. The first kappa shape index (κ1) is 14.9. The predicted octanol–water partition coefficient (Wildman–Crippen LogP) is 4.14. The smallest absolute Gasteiger partial charge is 0.130 e. The molecule has 2 aromatic carbocycles. The number of rotatable bonds is 6. The zero-order chi connectivity index (χ0) is 14.4. The van der Waals surface area contributed by atoms with Crippen molar-refractivity contribution in [1.29, 1.82) is 0 Å². The average molecular weight is 336 g/mol. The number of hydrogen-bond acceptors (Lipinski definition) is 3. The van der Waals surface area contributed by atoms with Gasteiger partial charge in [-0.15, -0.1) is 0 Å². The molecular weight excluding hydrogens is 318 g/mol. The molecule has 0 bridgehead atoms. The lowest BCUT2D eigenvalue weighted by Gasteiger charge is -2.12. The van der Waals surface area contributed by atoms with Crippen molar-refractivity contribution in [2.75, 3.05) is 13.2 Å². The summed E-state index contributed by atoms with van der Waals surface area (Å²) in [6.45, 7) is 3.22. The van der Waals surface area contributed by atoms with E-state index in [2.05, 4.69) is 15.9 Å². The Balaban J connectivity index is 2.16. The van der Waals surface area contributed by atoms with Crippen molar-refractivity contribution in [3.63, 3.8) is 0 Å². The lowest BCUT2D eigenvalue weighted by Crippen LogP contribution is -2.04. The standard InChI is InChI=1S/C16H18BrNO2/c1-2-19-14-4-6-15(7-5-14)20-16-8-3-13(17)11-12(16)9-10-18/h3-8,11H,2,9-10,18H2,1H3. The molecule has 0 unspecified atom stereocenters. The SMILES string of the molecule is CCOc1ccc(Oc2ccc(Br)cc2CCN)cc1. The Hall–Kier alpha value is -1.52. The summed E-state index contributed by atoms with van der Waals surface area (Å²) in [7, 11) is 0. The molecule has 4 heteroatoms. The van der Waals surface area contributed by atoms with Crippen molar-refractivity contribution < 1.29 is 9.47 Å². The van der Waals surface area contributed by atoms with E-state index in [0.29, 0.717) is 13.2 Å². The molecule has 20 heavy (non-hydrogen) atoms. The second kappa shape index (κ2) is 7.31.